The van der Waals surface area contributed by atoms with Gasteiger partial charge in [0.2, 0.25) is 0 Å². The average molecular weight is 293 g/mol. The minimum absolute atomic E-state index is 0.0824. The topological polar surface area (TPSA) is 40.5 Å². The molecule has 21 heavy (non-hydrogen) atoms. The first-order chi connectivity index (χ1) is 11.0. The number of fused-ring (bicyclic) bond motifs is 5. The van der Waals surface area contributed by atoms with Gasteiger partial charge in [0, 0.05) is 2.74 Å². The standard InChI is InChI=1S/C19H30O2/c1-18-9-7-13(20)11-12(18)3-4-14-15-5-6-17(21)19(15,2)10-8-16(14)18/h11,13-17,20-21H,3-10H2,1-2H3/t13-,14-,15-,16-,17-,18-,19-/m0/s1/i6D2,17D. The van der Waals surface area contributed by atoms with Gasteiger partial charge in [-0.2, -0.15) is 0 Å². The molecule has 2 heteroatoms. The SMILES string of the molecule is [2H]C1([2H])C[C@H]2[C@@H]3CCC4=C[C@@H](O)CC[C@]4(C)[C@H]3CC[C@]2(C)[C@@]1([2H])O. The van der Waals surface area contributed by atoms with Crippen molar-refractivity contribution in [2.45, 2.75) is 77.4 Å². The lowest BCUT2D eigenvalue weighted by Crippen LogP contribution is -2.51. The van der Waals surface area contributed by atoms with Crippen LogP contribution in [0.2, 0.25) is 0 Å². The van der Waals surface area contributed by atoms with Crippen LogP contribution < -0.4 is 0 Å². The van der Waals surface area contributed by atoms with Gasteiger partial charge < -0.3 is 10.2 Å². The summed E-state index contributed by atoms with van der Waals surface area (Å²) in [5, 5.41) is 20.7. The maximum atomic E-state index is 10.7. The third-order valence-corrected chi connectivity index (χ3v) is 7.51. The van der Waals surface area contributed by atoms with Crippen molar-refractivity contribution < 1.29 is 14.3 Å². The van der Waals surface area contributed by atoms with Crippen LogP contribution in [0.15, 0.2) is 11.6 Å². The molecular weight excluding hydrogens is 260 g/mol. The zero-order valence-electron chi connectivity index (χ0n) is 16.2. The Kier molecular flexibility index (Phi) is 2.45. The highest BCUT2D eigenvalue weighted by atomic mass is 16.3. The lowest BCUT2D eigenvalue weighted by atomic mass is 9.47. The molecule has 7 atom stereocenters. The van der Waals surface area contributed by atoms with Gasteiger partial charge in [0.05, 0.1) is 13.6 Å². The van der Waals surface area contributed by atoms with Crippen molar-refractivity contribution in [1.82, 2.24) is 0 Å². The van der Waals surface area contributed by atoms with E-state index in [4.69, 9.17) is 4.11 Å². The van der Waals surface area contributed by atoms with Gasteiger partial charge in [-0.1, -0.05) is 25.5 Å². The van der Waals surface area contributed by atoms with Crippen LogP contribution >= 0.6 is 0 Å². The van der Waals surface area contributed by atoms with Crippen molar-refractivity contribution in [2.75, 3.05) is 0 Å². The molecule has 0 heterocycles. The van der Waals surface area contributed by atoms with Gasteiger partial charge >= 0.3 is 0 Å². The molecule has 0 spiro atoms. The van der Waals surface area contributed by atoms with Gasteiger partial charge in [-0.25, -0.2) is 0 Å². The Balaban J connectivity index is 1.72. The minimum Gasteiger partial charge on any atom is -0.393 e. The first-order valence-corrected chi connectivity index (χ1v) is 8.65. The lowest BCUT2D eigenvalue weighted by Gasteiger charge is -2.58. The highest BCUT2D eigenvalue weighted by Gasteiger charge is 2.58. The fraction of sp³-hybridized carbons (Fsp3) is 0.895. The second-order valence-electron chi connectivity index (χ2n) is 8.32. The Hall–Kier alpha value is -0.340. The minimum atomic E-state index is -1.99. The average Bonchev–Trinajstić information content (AvgIpc) is 2.64. The molecule has 0 radical (unpaired) electrons. The van der Waals surface area contributed by atoms with Gasteiger partial charge in [0.25, 0.3) is 0 Å². The van der Waals surface area contributed by atoms with E-state index < -0.39 is 17.9 Å². The Morgan fingerprint density at radius 1 is 1.14 bits per heavy atom. The number of aliphatic hydroxyl groups excluding tert-OH is 1. The summed E-state index contributed by atoms with van der Waals surface area (Å²) in [4.78, 5) is 0. The molecule has 0 amide bonds. The maximum Gasteiger partial charge on any atom is 0.0724 e. The van der Waals surface area contributed by atoms with E-state index in [0.29, 0.717) is 18.3 Å². The van der Waals surface area contributed by atoms with E-state index in [1.807, 2.05) is 6.92 Å². The molecule has 4 aliphatic rings. The van der Waals surface area contributed by atoms with Crippen molar-refractivity contribution in [2.24, 2.45) is 28.6 Å². The Morgan fingerprint density at radius 2 is 1.95 bits per heavy atom. The van der Waals surface area contributed by atoms with Gasteiger partial charge in [-0.05, 0) is 79.9 Å². The highest BCUT2D eigenvalue weighted by molar-refractivity contribution is 5.25. The van der Waals surface area contributed by atoms with Crippen LogP contribution in [-0.4, -0.2) is 22.4 Å². The second-order valence-corrected chi connectivity index (χ2v) is 8.32. The van der Waals surface area contributed by atoms with E-state index in [1.54, 1.807) is 0 Å². The van der Waals surface area contributed by atoms with E-state index in [0.717, 1.165) is 38.5 Å². The summed E-state index contributed by atoms with van der Waals surface area (Å²) in [5.74, 6) is 0.961. The predicted molar refractivity (Wildman–Crippen MR) is 83.7 cm³/mol. The Morgan fingerprint density at radius 3 is 2.76 bits per heavy atom. The van der Waals surface area contributed by atoms with E-state index >= 15 is 0 Å². The van der Waals surface area contributed by atoms with Crippen molar-refractivity contribution in [1.29, 1.82) is 0 Å². The Bertz CT molecular complexity index is 587. The first-order valence-electron chi connectivity index (χ1n) is 10.1. The maximum absolute atomic E-state index is 10.7. The van der Waals surface area contributed by atoms with Crippen molar-refractivity contribution in [3.05, 3.63) is 11.6 Å². The fourth-order valence-electron chi connectivity index (χ4n) is 6.11. The summed E-state index contributed by atoms with van der Waals surface area (Å²) in [6.07, 6.45) is 3.73. The quantitative estimate of drug-likeness (QED) is 0.669. The fourth-order valence-corrected chi connectivity index (χ4v) is 6.11. The number of hydrogen-bond donors (Lipinski definition) is 2. The van der Waals surface area contributed by atoms with Gasteiger partial charge in [0.1, 0.15) is 0 Å². The van der Waals surface area contributed by atoms with Crippen LogP contribution in [0.1, 0.15) is 69.3 Å². The second kappa shape index (κ2) is 4.58. The summed E-state index contributed by atoms with van der Waals surface area (Å²) in [7, 11) is 0. The highest BCUT2D eigenvalue weighted by Crippen LogP contribution is 2.65. The first kappa shape index (κ1) is 11.2. The molecule has 0 unspecified atom stereocenters. The molecule has 0 aliphatic heterocycles. The number of aliphatic hydroxyl groups is 2. The summed E-state index contributed by atoms with van der Waals surface area (Å²) in [6, 6.07) is 0. The molecule has 3 saturated carbocycles. The van der Waals surface area contributed by atoms with Crippen LogP contribution in [0, 0.1) is 28.6 Å². The molecule has 0 aromatic heterocycles. The lowest BCUT2D eigenvalue weighted by molar-refractivity contribution is -0.0761. The predicted octanol–water partition coefficient (Wildman–Crippen LogP) is 3.67. The summed E-state index contributed by atoms with van der Waals surface area (Å²) < 4.78 is 24.9. The zero-order chi connectivity index (χ0) is 17.5. The van der Waals surface area contributed by atoms with Crippen LogP contribution in [0.4, 0.5) is 0 Å². The molecule has 0 bridgehead atoms. The summed E-state index contributed by atoms with van der Waals surface area (Å²) >= 11 is 0. The molecule has 2 N–H and O–H groups in total. The molecule has 0 saturated heterocycles. The third kappa shape index (κ3) is 1.84. The molecule has 118 valence electrons. The molecule has 3 fully saturated rings. The molecule has 0 aromatic carbocycles. The zero-order valence-corrected chi connectivity index (χ0v) is 13.2. The van der Waals surface area contributed by atoms with Crippen molar-refractivity contribution >= 4 is 0 Å². The monoisotopic (exact) mass is 293 g/mol. The van der Waals surface area contributed by atoms with E-state index in [1.165, 1.54) is 5.57 Å². The summed E-state index contributed by atoms with van der Waals surface area (Å²) in [5.41, 5.74) is 0.857. The van der Waals surface area contributed by atoms with Crippen molar-refractivity contribution in [3.63, 3.8) is 0 Å². The molecule has 4 rings (SSSR count). The van der Waals surface area contributed by atoms with Crippen molar-refractivity contribution in [3.8, 4) is 0 Å². The van der Waals surface area contributed by atoms with E-state index in [9.17, 15) is 10.2 Å². The number of allylic oxidation sites excluding steroid dienone is 1. The van der Waals surface area contributed by atoms with Crippen LogP contribution in [-0.2, 0) is 0 Å². The molecule has 0 aromatic rings. The van der Waals surface area contributed by atoms with E-state index in [-0.39, 0.29) is 17.4 Å². The molecule has 2 nitrogen and oxygen atoms in total. The number of rotatable bonds is 0. The normalized spacial score (nSPS) is 64.2. The van der Waals surface area contributed by atoms with Gasteiger partial charge in [0.15, 0.2) is 0 Å². The van der Waals surface area contributed by atoms with Gasteiger partial charge in [-0.15, -0.1) is 0 Å². The molecule has 4 aliphatic carbocycles. The smallest absolute Gasteiger partial charge is 0.0724 e. The number of hydrogen-bond acceptors (Lipinski definition) is 2. The van der Waals surface area contributed by atoms with E-state index in [2.05, 4.69) is 13.0 Å². The summed E-state index contributed by atoms with van der Waals surface area (Å²) in [6.45, 7) is 4.28. The molecular formula is C19H30O2. The van der Waals surface area contributed by atoms with Gasteiger partial charge in [-0.3, -0.25) is 0 Å². The largest absolute Gasteiger partial charge is 0.393 e. The van der Waals surface area contributed by atoms with Crippen LogP contribution in [0.5, 0.6) is 0 Å². The van der Waals surface area contributed by atoms with Crippen LogP contribution in [0.3, 0.4) is 0 Å². The van der Waals surface area contributed by atoms with Crippen LogP contribution in [0.25, 0.3) is 0 Å². The third-order valence-electron chi connectivity index (χ3n) is 7.51. The Labute approximate surface area is 132 Å².